The maximum absolute atomic E-state index is 12.7. The van der Waals surface area contributed by atoms with Crippen molar-refractivity contribution in [1.82, 2.24) is 4.90 Å². The molecular formula is C14H27N3O2. The van der Waals surface area contributed by atoms with Gasteiger partial charge in [0.1, 0.15) is 5.41 Å². The number of hydrogen-bond acceptors (Lipinski definition) is 3. The molecule has 3 N–H and O–H groups in total. The van der Waals surface area contributed by atoms with E-state index in [1.807, 2.05) is 18.7 Å². The van der Waals surface area contributed by atoms with E-state index in [-0.39, 0.29) is 17.8 Å². The van der Waals surface area contributed by atoms with E-state index in [0.717, 1.165) is 32.2 Å². The van der Waals surface area contributed by atoms with Crippen LogP contribution in [0.15, 0.2) is 5.16 Å². The lowest BCUT2D eigenvalue weighted by molar-refractivity contribution is -0.144. The number of oxime groups is 1. The van der Waals surface area contributed by atoms with Crippen LogP contribution in [-0.2, 0) is 4.79 Å². The van der Waals surface area contributed by atoms with Crippen molar-refractivity contribution < 1.29 is 10.0 Å². The van der Waals surface area contributed by atoms with Gasteiger partial charge in [-0.1, -0.05) is 31.3 Å². The van der Waals surface area contributed by atoms with Crippen molar-refractivity contribution in [1.29, 1.82) is 0 Å². The summed E-state index contributed by atoms with van der Waals surface area (Å²) in [6.45, 7) is 6.93. The van der Waals surface area contributed by atoms with Gasteiger partial charge in [0.15, 0.2) is 5.84 Å². The molecule has 1 rings (SSSR count). The Bertz CT molecular complexity index is 336. The van der Waals surface area contributed by atoms with Crippen LogP contribution in [0.3, 0.4) is 0 Å². The molecule has 1 fully saturated rings. The van der Waals surface area contributed by atoms with Crippen molar-refractivity contribution in [3.63, 3.8) is 0 Å². The number of unbranched alkanes of at least 4 members (excludes halogenated alkanes) is 2. The molecule has 5 heteroatoms. The highest BCUT2D eigenvalue weighted by Gasteiger charge is 2.50. The largest absolute Gasteiger partial charge is 0.409 e. The van der Waals surface area contributed by atoms with E-state index < -0.39 is 5.41 Å². The van der Waals surface area contributed by atoms with Crippen molar-refractivity contribution in [3.05, 3.63) is 0 Å². The minimum absolute atomic E-state index is 0.0279. The standard InChI is InChI=1S/C14H27N3O2/c1-4-5-6-10-17(11(2)3)13(18)14(8-7-9-14)12(15)16-19/h11,19H,4-10H2,1-3H3,(H2,15,16). The average molecular weight is 269 g/mol. The highest BCUT2D eigenvalue weighted by Crippen LogP contribution is 2.43. The zero-order valence-electron chi connectivity index (χ0n) is 12.4. The summed E-state index contributed by atoms with van der Waals surface area (Å²) in [4.78, 5) is 14.6. The Hall–Kier alpha value is -1.26. The van der Waals surface area contributed by atoms with Crippen LogP contribution in [0.4, 0.5) is 0 Å². The zero-order chi connectivity index (χ0) is 14.5. The predicted octanol–water partition coefficient (Wildman–Crippen LogP) is 2.33. The van der Waals surface area contributed by atoms with Gasteiger partial charge in [-0.15, -0.1) is 0 Å². The van der Waals surface area contributed by atoms with Gasteiger partial charge in [-0.25, -0.2) is 0 Å². The Morgan fingerprint density at radius 1 is 1.42 bits per heavy atom. The number of amidine groups is 1. The molecule has 1 amide bonds. The van der Waals surface area contributed by atoms with E-state index in [2.05, 4.69) is 12.1 Å². The van der Waals surface area contributed by atoms with Crippen molar-refractivity contribution >= 4 is 11.7 Å². The lowest BCUT2D eigenvalue weighted by atomic mass is 9.66. The van der Waals surface area contributed by atoms with Gasteiger partial charge >= 0.3 is 0 Å². The number of carbonyl (C=O) groups excluding carboxylic acids is 1. The third-order valence-corrected chi connectivity index (χ3v) is 4.10. The number of amides is 1. The van der Waals surface area contributed by atoms with Crippen LogP contribution in [0.2, 0.25) is 0 Å². The second kappa shape index (κ2) is 6.78. The number of carbonyl (C=O) groups is 1. The summed E-state index contributed by atoms with van der Waals surface area (Å²) in [5.74, 6) is 0.102. The Balaban J connectivity index is 2.80. The van der Waals surface area contributed by atoms with Gasteiger partial charge in [0.2, 0.25) is 5.91 Å². The normalized spacial score (nSPS) is 18.2. The smallest absolute Gasteiger partial charge is 0.236 e. The van der Waals surface area contributed by atoms with Crippen molar-refractivity contribution in [3.8, 4) is 0 Å². The van der Waals surface area contributed by atoms with Crippen LogP contribution < -0.4 is 5.73 Å². The third-order valence-electron chi connectivity index (χ3n) is 4.10. The van der Waals surface area contributed by atoms with Gasteiger partial charge in [0, 0.05) is 12.6 Å². The molecule has 0 aliphatic heterocycles. The first-order valence-electron chi connectivity index (χ1n) is 7.28. The molecule has 5 nitrogen and oxygen atoms in total. The van der Waals surface area contributed by atoms with E-state index in [4.69, 9.17) is 10.9 Å². The van der Waals surface area contributed by atoms with Gasteiger partial charge in [-0.2, -0.15) is 0 Å². The minimum Gasteiger partial charge on any atom is -0.409 e. The molecule has 0 radical (unpaired) electrons. The lowest BCUT2D eigenvalue weighted by Gasteiger charge is -2.43. The van der Waals surface area contributed by atoms with Gasteiger partial charge in [-0.05, 0) is 33.1 Å². The summed E-state index contributed by atoms with van der Waals surface area (Å²) in [6, 6.07) is 0.147. The Labute approximate surface area is 115 Å². The van der Waals surface area contributed by atoms with Crippen LogP contribution in [0.5, 0.6) is 0 Å². The fourth-order valence-electron chi connectivity index (χ4n) is 2.61. The summed E-state index contributed by atoms with van der Waals surface area (Å²) in [5, 5.41) is 12.0. The van der Waals surface area contributed by atoms with E-state index in [9.17, 15) is 4.79 Å². The first-order chi connectivity index (χ1) is 8.99. The molecule has 0 atom stereocenters. The molecule has 0 aromatic rings. The number of hydrogen-bond donors (Lipinski definition) is 2. The minimum atomic E-state index is -0.745. The molecule has 0 aromatic carbocycles. The van der Waals surface area contributed by atoms with Gasteiger partial charge in [0.25, 0.3) is 0 Å². The van der Waals surface area contributed by atoms with Gasteiger partial charge < -0.3 is 15.8 Å². The summed E-state index contributed by atoms with van der Waals surface area (Å²) >= 11 is 0. The van der Waals surface area contributed by atoms with E-state index in [0.29, 0.717) is 12.8 Å². The monoisotopic (exact) mass is 269 g/mol. The maximum atomic E-state index is 12.7. The Kier molecular flexibility index (Phi) is 5.63. The van der Waals surface area contributed by atoms with Crippen molar-refractivity contribution in [2.75, 3.05) is 6.54 Å². The number of rotatable bonds is 7. The summed E-state index contributed by atoms with van der Waals surface area (Å²) < 4.78 is 0. The molecule has 0 aromatic heterocycles. The quantitative estimate of drug-likeness (QED) is 0.245. The van der Waals surface area contributed by atoms with E-state index >= 15 is 0 Å². The first kappa shape index (κ1) is 15.8. The second-order valence-corrected chi connectivity index (χ2v) is 5.72. The summed E-state index contributed by atoms with van der Waals surface area (Å²) in [6.07, 6.45) is 5.60. The number of nitrogens with zero attached hydrogens (tertiary/aromatic N) is 2. The first-order valence-corrected chi connectivity index (χ1v) is 7.28. The molecule has 0 heterocycles. The molecule has 110 valence electrons. The third kappa shape index (κ3) is 3.19. The lowest BCUT2D eigenvalue weighted by Crippen LogP contribution is -2.56. The van der Waals surface area contributed by atoms with Crippen LogP contribution in [-0.4, -0.2) is 34.4 Å². The van der Waals surface area contributed by atoms with E-state index in [1.165, 1.54) is 0 Å². The highest BCUT2D eigenvalue weighted by atomic mass is 16.4. The van der Waals surface area contributed by atoms with Gasteiger partial charge in [0.05, 0.1) is 0 Å². The zero-order valence-corrected chi connectivity index (χ0v) is 12.4. The topological polar surface area (TPSA) is 78.9 Å². The fourth-order valence-corrected chi connectivity index (χ4v) is 2.61. The van der Waals surface area contributed by atoms with Crippen LogP contribution in [0.25, 0.3) is 0 Å². The van der Waals surface area contributed by atoms with Crippen molar-refractivity contribution in [2.24, 2.45) is 16.3 Å². The molecule has 0 unspecified atom stereocenters. The fraction of sp³-hybridized carbons (Fsp3) is 0.857. The van der Waals surface area contributed by atoms with Crippen LogP contribution >= 0.6 is 0 Å². The van der Waals surface area contributed by atoms with Crippen molar-refractivity contribution in [2.45, 2.75) is 65.3 Å². The maximum Gasteiger partial charge on any atom is 0.236 e. The second-order valence-electron chi connectivity index (χ2n) is 5.72. The average Bonchev–Trinajstić information content (AvgIpc) is 2.32. The molecule has 19 heavy (non-hydrogen) atoms. The SMILES string of the molecule is CCCCCN(C(=O)C1(C(N)=NO)CCC1)C(C)C. The molecular weight excluding hydrogens is 242 g/mol. The summed E-state index contributed by atoms with van der Waals surface area (Å²) in [5.41, 5.74) is 5.01. The molecule has 1 aliphatic carbocycles. The highest BCUT2D eigenvalue weighted by molar-refractivity contribution is 6.07. The van der Waals surface area contributed by atoms with Crippen LogP contribution in [0.1, 0.15) is 59.3 Å². The Morgan fingerprint density at radius 3 is 2.42 bits per heavy atom. The molecule has 0 saturated heterocycles. The van der Waals surface area contributed by atoms with Crippen LogP contribution in [0, 0.1) is 5.41 Å². The number of nitrogens with two attached hydrogens (primary N) is 1. The molecule has 0 spiro atoms. The Morgan fingerprint density at radius 2 is 2.05 bits per heavy atom. The predicted molar refractivity (Wildman–Crippen MR) is 76.1 cm³/mol. The summed E-state index contributed by atoms with van der Waals surface area (Å²) in [7, 11) is 0. The van der Waals surface area contributed by atoms with Gasteiger partial charge in [-0.3, -0.25) is 4.79 Å². The molecule has 0 bridgehead atoms. The van der Waals surface area contributed by atoms with E-state index in [1.54, 1.807) is 0 Å². The molecule has 1 saturated carbocycles. The molecule has 1 aliphatic rings.